The van der Waals surface area contributed by atoms with Crippen LogP contribution in [0.4, 0.5) is 26.3 Å². The molecule has 1 N–H and O–H groups in total. The van der Waals surface area contributed by atoms with Crippen molar-refractivity contribution in [3.63, 3.8) is 0 Å². The number of carboxylic acids is 1. The molecule has 0 amide bonds. The van der Waals surface area contributed by atoms with E-state index in [1.54, 1.807) is 0 Å². The van der Waals surface area contributed by atoms with Crippen molar-refractivity contribution in [1.82, 2.24) is 0 Å². The number of carbonyl (C=O) groups is 1. The molecule has 8 heteroatoms. The van der Waals surface area contributed by atoms with E-state index in [1.807, 2.05) is 0 Å². The lowest BCUT2D eigenvalue weighted by Gasteiger charge is -2.16. The van der Waals surface area contributed by atoms with E-state index in [0.29, 0.717) is 0 Å². The zero-order chi connectivity index (χ0) is 11.7. The molecule has 0 atom stereocenters. The lowest BCUT2D eigenvalue weighted by molar-refractivity contribution is -0.175. The molecule has 0 aromatic heterocycles. The smallest absolute Gasteiger partial charge is 0.421 e. The first-order valence-corrected chi connectivity index (χ1v) is 3.06. The van der Waals surface area contributed by atoms with Crippen LogP contribution >= 0.6 is 0 Å². The summed E-state index contributed by atoms with van der Waals surface area (Å²) >= 11 is 0. The van der Waals surface area contributed by atoms with Gasteiger partial charge in [0.05, 0.1) is 5.57 Å². The number of carboxylic acid groups (broad SMARTS) is 1. The summed E-state index contributed by atoms with van der Waals surface area (Å²) in [5.41, 5.74) is -4.76. The molecule has 0 aliphatic rings. The van der Waals surface area contributed by atoms with Crippen LogP contribution in [0.15, 0.2) is 11.1 Å². The monoisotopic (exact) mass is 222 g/mol. The summed E-state index contributed by atoms with van der Waals surface area (Å²) in [6, 6.07) is 0. The summed E-state index contributed by atoms with van der Waals surface area (Å²) in [6.07, 6.45) is -11.4. The van der Waals surface area contributed by atoms with Gasteiger partial charge in [-0.3, -0.25) is 0 Å². The van der Waals surface area contributed by atoms with Crippen molar-refractivity contribution in [2.45, 2.75) is 19.3 Å². The summed E-state index contributed by atoms with van der Waals surface area (Å²) in [6.45, 7) is 0.249. The summed E-state index contributed by atoms with van der Waals surface area (Å²) in [5, 5.41) is 8.02. The molecule has 0 aromatic rings. The second-order valence-corrected chi connectivity index (χ2v) is 2.30. The Balaban J connectivity index is 5.57. The highest BCUT2D eigenvalue weighted by Crippen LogP contribution is 2.40. The predicted molar refractivity (Wildman–Crippen MR) is 32.4 cm³/mol. The van der Waals surface area contributed by atoms with Crippen molar-refractivity contribution in [2.24, 2.45) is 0 Å². The molecule has 0 heterocycles. The van der Waals surface area contributed by atoms with Crippen LogP contribution in [-0.2, 0) is 4.79 Å². The molecule has 0 rings (SSSR count). The van der Waals surface area contributed by atoms with E-state index in [9.17, 15) is 31.1 Å². The predicted octanol–water partition coefficient (Wildman–Crippen LogP) is 2.51. The third kappa shape index (κ3) is 2.93. The Bertz CT molecular complexity index is 255. The maximum Gasteiger partial charge on any atom is 0.421 e. The summed E-state index contributed by atoms with van der Waals surface area (Å²) in [7, 11) is 0. The van der Waals surface area contributed by atoms with Crippen molar-refractivity contribution in [2.75, 3.05) is 0 Å². The van der Waals surface area contributed by atoms with Crippen LogP contribution in [0.3, 0.4) is 0 Å². The Morgan fingerprint density at radius 3 is 1.36 bits per heavy atom. The van der Waals surface area contributed by atoms with Gasteiger partial charge in [-0.05, 0) is 6.92 Å². The average molecular weight is 222 g/mol. The number of allylic oxidation sites excluding steroid dienone is 1. The second-order valence-electron chi connectivity index (χ2n) is 2.30. The molecule has 0 spiro atoms. The average Bonchev–Trinajstić information content (AvgIpc) is 1.79. The van der Waals surface area contributed by atoms with E-state index in [2.05, 4.69) is 0 Å². The van der Waals surface area contributed by atoms with Gasteiger partial charge in [0.1, 0.15) is 5.57 Å². The third-order valence-electron chi connectivity index (χ3n) is 1.26. The first kappa shape index (κ1) is 12.8. The number of hydrogen-bond acceptors (Lipinski definition) is 1. The standard InChI is InChI=1S/C6H4F6O2/c1-2(4(13)14)3(5(7,8)9)6(10,11)12/h1H3,(H,13,14). The highest BCUT2D eigenvalue weighted by Gasteiger charge is 2.53. The summed E-state index contributed by atoms with van der Waals surface area (Å²) in [4.78, 5) is 9.98. The Kier molecular flexibility index (Phi) is 3.20. The molecule has 0 bridgehead atoms. The van der Waals surface area contributed by atoms with E-state index >= 15 is 0 Å². The van der Waals surface area contributed by atoms with Crippen molar-refractivity contribution >= 4 is 5.97 Å². The first-order chi connectivity index (χ1) is 5.98. The van der Waals surface area contributed by atoms with Gasteiger partial charge in [-0.2, -0.15) is 26.3 Å². The molecule has 0 saturated carbocycles. The minimum Gasteiger partial charge on any atom is -0.478 e. The van der Waals surface area contributed by atoms with Crippen LogP contribution in [0.2, 0.25) is 0 Å². The summed E-state index contributed by atoms with van der Waals surface area (Å²) < 4.78 is 70.7. The molecule has 0 unspecified atom stereocenters. The summed E-state index contributed by atoms with van der Waals surface area (Å²) in [5.74, 6) is -2.25. The molecule has 14 heavy (non-hydrogen) atoms. The van der Waals surface area contributed by atoms with Crippen molar-refractivity contribution in [1.29, 1.82) is 0 Å². The Morgan fingerprint density at radius 2 is 1.29 bits per heavy atom. The minimum atomic E-state index is -5.72. The normalized spacial score (nSPS) is 12.5. The van der Waals surface area contributed by atoms with Gasteiger partial charge in [-0.1, -0.05) is 0 Å². The first-order valence-electron chi connectivity index (χ1n) is 3.06. The lowest BCUT2D eigenvalue weighted by atomic mass is 10.1. The largest absolute Gasteiger partial charge is 0.478 e. The number of aliphatic carboxylic acids is 1. The molecular weight excluding hydrogens is 218 g/mol. The van der Waals surface area contributed by atoms with E-state index in [4.69, 9.17) is 5.11 Å². The van der Waals surface area contributed by atoms with Crippen LogP contribution in [-0.4, -0.2) is 23.4 Å². The maximum atomic E-state index is 11.8. The number of hydrogen-bond donors (Lipinski definition) is 1. The van der Waals surface area contributed by atoms with Crippen LogP contribution in [0.1, 0.15) is 6.92 Å². The zero-order valence-corrected chi connectivity index (χ0v) is 6.62. The fraction of sp³-hybridized carbons (Fsp3) is 0.500. The molecule has 2 nitrogen and oxygen atoms in total. The van der Waals surface area contributed by atoms with Crippen molar-refractivity contribution in [3.8, 4) is 0 Å². The van der Waals surface area contributed by atoms with Crippen LogP contribution in [0.5, 0.6) is 0 Å². The highest BCUT2D eigenvalue weighted by atomic mass is 19.4. The minimum absolute atomic E-state index is 0.249. The van der Waals surface area contributed by atoms with Crippen LogP contribution < -0.4 is 0 Å². The zero-order valence-electron chi connectivity index (χ0n) is 6.62. The number of halogens is 6. The topological polar surface area (TPSA) is 37.3 Å². The molecule has 0 fully saturated rings. The van der Waals surface area contributed by atoms with Gasteiger partial charge in [-0.15, -0.1) is 0 Å². The number of alkyl halides is 6. The molecule has 0 aromatic carbocycles. The van der Waals surface area contributed by atoms with Crippen LogP contribution in [0.25, 0.3) is 0 Å². The van der Waals surface area contributed by atoms with Crippen LogP contribution in [0, 0.1) is 0 Å². The van der Waals surface area contributed by atoms with Gasteiger partial charge >= 0.3 is 18.3 Å². The van der Waals surface area contributed by atoms with Gasteiger partial charge in [0.15, 0.2) is 0 Å². The third-order valence-corrected chi connectivity index (χ3v) is 1.26. The Hall–Kier alpha value is -1.21. The highest BCUT2D eigenvalue weighted by molar-refractivity contribution is 5.87. The van der Waals surface area contributed by atoms with Gasteiger partial charge in [-0.25, -0.2) is 4.79 Å². The molecule has 0 radical (unpaired) electrons. The van der Waals surface area contributed by atoms with Gasteiger partial charge in [0.2, 0.25) is 0 Å². The molecular formula is C6H4F6O2. The van der Waals surface area contributed by atoms with E-state index in [0.717, 1.165) is 0 Å². The van der Waals surface area contributed by atoms with Gasteiger partial charge < -0.3 is 5.11 Å². The quantitative estimate of drug-likeness (QED) is 0.546. The maximum absolute atomic E-state index is 11.8. The van der Waals surface area contributed by atoms with Crippen molar-refractivity contribution < 1.29 is 36.2 Å². The second kappa shape index (κ2) is 3.50. The number of rotatable bonds is 1. The van der Waals surface area contributed by atoms with Gasteiger partial charge in [0.25, 0.3) is 0 Å². The fourth-order valence-electron chi connectivity index (χ4n) is 0.693. The molecule has 82 valence electrons. The van der Waals surface area contributed by atoms with E-state index < -0.39 is 29.5 Å². The Labute approximate surface area is 73.8 Å². The Morgan fingerprint density at radius 1 is 1.00 bits per heavy atom. The van der Waals surface area contributed by atoms with E-state index in [-0.39, 0.29) is 6.92 Å². The molecule has 0 aliphatic carbocycles. The van der Waals surface area contributed by atoms with Gasteiger partial charge in [0, 0.05) is 0 Å². The SMILES string of the molecule is CC(C(=O)O)=C(C(F)(F)F)C(F)(F)F. The lowest BCUT2D eigenvalue weighted by Crippen LogP contribution is -2.29. The molecule has 0 saturated heterocycles. The fourth-order valence-corrected chi connectivity index (χ4v) is 0.693. The van der Waals surface area contributed by atoms with E-state index in [1.165, 1.54) is 0 Å². The molecule has 0 aliphatic heterocycles. The van der Waals surface area contributed by atoms with Crippen molar-refractivity contribution in [3.05, 3.63) is 11.1 Å².